The molecule has 10 heteroatoms. The van der Waals surface area contributed by atoms with Gasteiger partial charge in [-0.2, -0.15) is 0 Å². The molecule has 0 aliphatic rings. The molecule has 152 valence electrons. The Morgan fingerprint density at radius 2 is 1.68 bits per heavy atom. The summed E-state index contributed by atoms with van der Waals surface area (Å²) in [6.45, 7) is 0.364. The summed E-state index contributed by atoms with van der Waals surface area (Å²) in [6.07, 6.45) is -0.0443. The number of nitrogens with one attached hydrogen (secondary N) is 1. The predicted molar refractivity (Wildman–Crippen MR) is 118 cm³/mol. The van der Waals surface area contributed by atoms with Crippen LogP contribution in [0.25, 0.3) is 0 Å². The van der Waals surface area contributed by atoms with E-state index in [1.54, 1.807) is 42.3 Å². The lowest BCUT2D eigenvalue weighted by atomic mass is 10.2. The van der Waals surface area contributed by atoms with E-state index in [0.717, 1.165) is 5.56 Å². The molecule has 2 aromatic carbocycles. The van der Waals surface area contributed by atoms with Crippen LogP contribution in [0.15, 0.2) is 42.5 Å². The quantitative estimate of drug-likeness (QED) is 0.401. The van der Waals surface area contributed by atoms with Gasteiger partial charge in [-0.05, 0) is 48.1 Å². The molecule has 0 spiro atoms. The summed E-state index contributed by atoms with van der Waals surface area (Å²) in [7, 11) is 0.862. The van der Waals surface area contributed by atoms with Crippen molar-refractivity contribution in [2.24, 2.45) is 0 Å². The first kappa shape index (κ1) is 22.9. The summed E-state index contributed by atoms with van der Waals surface area (Å²) in [4.78, 5) is 1.69. The Hall–Kier alpha value is -1.34. The Morgan fingerprint density at radius 3 is 2.25 bits per heavy atom. The van der Waals surface area contributed by atoms with Gasteiger partial charge in [0.05, 0.1) is 12.8 Å². The third-order valence-electron chi connectivity index (χ3n) is 3.88. The Balaban J connectivity index is 2.29. The second kappa shape index (κ2) is 10.4. The lowest BCUT2D eigenvalue weighted by Gasteiger charge is -2.28. The van der Waals surface area contributed by atoms with E-state index in [2.05, 4.69) is 5.32 Å². The van der Waals surface area contributed by atoms with Crippen LogP contribution in [0.1, 0.15) is 5.56 Å². The second-order valence-corrected chi connectivity index (χ2v) is 9.21. The van der Waals surface area contributed by atoms with Gasteiger partial charge in [-0.1, -0.05) is 35.3 Å². The van der Waals surface area contributed by atoms with Crippen LogP contribution < -0.4 is 10.1 Å². The smallest absolute Gasteiger partial charge is 0.349 e. The first-order valence-electron chi connectivity index (χ1n) is 8.14. The molecule has 28 heavy (non-hydrogen) atoms. The zero-order valence-electron chi connectivity index (χ0n) is 15.6. The summed E-state index contributed by atoms with van der Waals surface area (Å²) in [5.41, 5.74) is 1.51. The monoisotopic (exact) mass is 462 g/mol. The molecular formula is C18H21Cl2N2O4PS. The highest BCUT2D eigenvalue weighted by atomic mass is 35.5. The van der Waals surface area contributed by atoms with Gasteiger partial charge >= 0.3 is 7.60 Å². The molecule has 2 aromatic rings. The lowest BCUT2D eigenvalue weighted by Crippen LogP contribution is -2.35. The fourth-order valence-corrected chi connectivity index (χ4v) is 4.04. The van der Waals surface area contributed by atoms with E-state index in [0.29, 0.717) is 33.1 Å². The zero-order valence-corrected chi connectivity index (χ0v) is 18.9. The lowest BCUT2D eigenvalue weighted by molar-refractivity contribution is 0.260. The maximum absolute atomic E-state index is 12.7. The van der Waals surface area contributed by atoms with Crippen LogP contribution in [0.3, 0.4) is 0 Å². The minimum Gasteiger partial charge on any atom is -0.495 e. The van der Waals surface area contributed by atoms with Gasteiger partial charge in [-0.15, -0.1) is 0 Å². The number of methoxy groups -OCH3 is 1. The van der Waals surface area contributed by atoms with E-state index in [9.17, 15) is 4.57 Å². The van der Waals surface area contributed by atoms with Crippen LogP contribution in [0, 0.1) is 0 Å². The predicted octanol–water partition coefficient (Wildman–Crippen LogP) is 5.64. The van der Waals surface area contributed by atoms with E-state index in [4.69, 9.17) is 49.2 Å². The van der Waals surface area contributed by atoms with Gasteiger partial charge in [0, 0.05) is 30.8 Å². The Bertz CT molecular complexity index is 859. The van der Waals surface area contributed by atoms with E-state index < -0.39 is 7.60 Å². The van der Waals surface area contributed by atoms with Crippen LogP contribution >= 0.6 is 43.0 Å². The molecule has 0 radical (unpaired) electrons. The number of benzene rings is 2. The Labute approximate surface area is 180 Å². The van der Waals surface area contributed by atoms with Crippen molar-refractivity contribution in [3.63, 3.8) is 0 Å². The molecule has 0 atom stereocenters. The topological polar surface area (TPSA) is 60.0 Å². The van der Waals surface area contributed by atoms with Gasteiger partial charge in [0.15, 0.2) is 5.11 Å². The summed E-state index contributed by atoms with van der Waals surface area (Å²) < 4.78 is 28.2. The van der Waals surface area contributed by atoms with Crippen molar-refractivity contribution in [3.05, 3.63) is 58.1 Å². The van der Waals surface area contributed by atoms with Gasteiger partial charge in [0.25, 0.3) is 0 Å². The number of ether oxygens (including phenoxy) is 1. The molecule has 0 bridgehead atoms. The van der Waals surface area contributed by atoms with Crippen molar-refractivity contribution in [1.82, 2.24) is 4.90 Å². The largest absolute Gasteiger partial charge is 0.495 e. The van der Waals surface area contributed by atoms with Crippen molar-refractivity contribution in [1.29, 1.82) is 0 Å². The highest BCUT2D eigenvalue weighted by Crippen LogP contribution is 2.47. The summed E-state index contributed by atoms with van der Waals surface area (Å²) >= 11 is 17.6. The fourth-order valence-electron chi connectivity index (χ4n) is 2.37. The van der Waals surface area contributed by atoms with Gasteiger partial charge in [0.2, 0.25) is 0 Å². The maximum atomic E-state index is 12.7. The Morgan fingerprint density at radius 1 is 1.07 bits per heavy atom. The zero-order chi connectivity index (χ0) is 20.7. The number of nitrogens with zero attached hydrogens (tertiary/aromatic N) is 1. The van der Waals surface area contributed by atoms with Gasteiger partial charge in [0.1, 0.15) is 12.0 Å². The molecule has 0 saturated carbocycles. The third kappa shape index (κ3) is 6.34. The highest BCUT2D eigenvalue weighted by molar-refractivity contribution is 7.80. The minimum absolute atomic E-state index is 0.0443. The molecule has 1 N–H and O–H groups in total. The van der Waals surface area contributed by atoms with E-state index in [1.807, 2.05) is 12.1 Å². The number of thiocarbonyl (C=S) groups is 1. The molecule has 0 aliphatic heterocycles. The molecule has 0 amide bonds. The average Bonchev–Trinajstić information content (AvgIpc) is 2.69. The molecule has 0 saturated heterocycles. The van der Waals surface area contributed by atoms with E-state index in [-0.39, 0.29) is 6.29 Å². The molecular weight excluding hydrogens is 442 g/mol. The highest BCUT2D eigenvalue weighted by Gasteiger charge is 2.27. The van der Waals surface area contributed by atoms with Crippen LogP contribution in [0.2, 0.25) is 10.0 Å². The fraction of sp³-hybridized carbons (Fsp3) is 0.278. The first-order chi connectivity index (χ1) is 13.3. The standard InChI is InChI=1S/C18H21Cl2N2O4PS/c1-24-17-9-8-15(20)10-16(17)21-18(28)22(12-27(23,25-2)26-3)11-13-4-6-14(19)7-5-13/h4-10H,11-12H2,1-3H3,(H,21,28). The molecule has 0 aliphatic carbocycles. The van der Waals surface area contributed by atoms with Crippen molar-refractivity contribution in [2.75, 3.05) is 32.9 Å². The number of rotatable bonds is 8. The molecule has 0 aromatic heterocycles. The minimum atomic E-state index is -3.36. The van der Waals surface area contributed by atoms with Crippen molar-refractivity contribution < 1.29 is 18.3 Å². The number of hydrogen-bond donors (Lipinski definition) is 1. The number of halogens is 2. The van der Waals surface area contributed by atoms with E-state index in [1.165, 1.54) is 14.2 Å². The third-order valence-corrected chi connectivity index (χ3v) is 6.53. The van der Waals surface area contributed by atoms with Gasteiger partial charge in [-0.25, -0.2) is 0 Å². The van der Waals surface area contributed by atoms with Crippen molar-refractivity contribution >= 4 is 53.8 Å². The molecule has 0 fully saturated rings. The second-order valence-electron chi connectivity index (χ2n) is 5.72. The van der Waals surface area contributed by atoms with Crippen LogP contribution in [0.5, 0.6) is 5.75 Å². The maximum Gasteiger partial charge on any atom is 0.349 e. The van der Waals surface area contributed by atoms with Crippen molar-refractivity contribution in [2.45, 2.75) is 6.54 Å². The van der Waals surface area contributed by atoms with Crippen LogP contribution in [0.4, 0.5) is 5.69 Å². The van der Waals surface area contributed by atoms with E-state index >= 15 is 0 Å². The number of hydrogen-bond acceptors (Lipinski definition) is 5. The van der Waals surface area contributed by atoms with Gasteiger partial charge in [-0.3, -0.25) is 4.57 Å². The van der Waals surface area contributed by atoms with Crippen LogP contribution in [-0.4, -0.2) is 37.6 Å². The SMILES string of the molecule is COc1ccc(Cl)cc1NC(=S)N(Cc1ccc(Cl)cc1)CP(=O)(OC)OC. The number of anilines is 1. The molecule has 0 unspecified atom stereocenters. The normalized spacial score (nSPS) is 11.2. The van der Waals surface area contributed by atoms with Gasteiger partial charge < -0.3 is 24.0 Å². The first-order valence-corrected chi connectivity index (χ1v) is 11.0. The molecule has 0 heterocycles. The molecule has 6 nitrogen and oxygen atoms in total. The summed E-state index contributed by atoms with van der Waals surface area (Å²) in [6, 6.07) is 12.4. The molecule has 2 rings (SSSR count). The van der Waals surface area contributed by atoms with Crippen LogP contribution in [-0.2, 0) is 20.2 Å². The summed E-state index contributed by atoms with van der Waals surface area (Å²) in [5.74, 6) is 0.569. The average molecular weight is 463 g/mol. The summed E-state index contributed by atoms with van der Waals surface area (Å²) in [5, 5.41) is 4.55. The Kier molecular flexibility index (Phi) is 8.56. The van der Waals surface area contributed by atoms with Crippen molar-refractivity contribution in [3.8, 4) is 5.75 Å².